The van der Waals surface area contributed by atoms with E-state index < -0.39 is 35.2 Å². The molecular weight excluding hydrogens is 805 g/mol. The number of unbranched alkanes of at least 4 members (excludes halogenated alkanes) is 32. The largest absolute Gasteiger partial charge is 0.382 e. The molecule has 378 valence electrons. The zero-order valence-electron chi connectivity index (χ0n) is 43.0. The Labute approximate surface area is 402 Å². The van der Waals surface area contributed by atoms with Gasteiger partial charge in [-0.25, -0.2) is 0 Å². The quantitative estimate of drug-likeness (QED) is 0.0414. The molecule has 65 heavy (non-hydrogen) atoms. The molecule has 3 atom stereocenters. The summed E-state index contributed by atoms with van der Waals surface area (Å²) in [7, 11) is 0. The van der Waals surface area contributed by atoms with E-state index in [1.807, 2.05) is 0 Å². The number of carbonyl (C=O) groups is 3. The van der Waals surface area contributed by atoms with Crippen LogP contribution in [0.5, 0.6) is 0 Å². The van der Waals surface area contributed by atoms with Crippen molar-refractivity contribution >= 4 is 17.3 Å². The molecule has 0 heterocycles. The number of allylic oxidation sites excluding steroid dienone is 8. The highest BCUT2D eigenvalue weighted by Crippen LogP contribution is 2.26. The van der Waals surface area contributed by atoms with E-state index in [1.165, 1.54) is 135 Å². The summed E-state index contributed by atoms with van der Waals surface area (Å²) < 4.78 is 0. The molecule has 0 spiro atoms. The molecule has 0 aromatic heterocycles. The molecule has 3 N–H and O–H groups in total. The van der Waals surface area contributed by atoms with Crippen LogP contribution in [0.2, 0.25) is 0 Å². The maximum atomic E-state index is 13.6. The number of Topliss-reactive ketones (excluding diaryl/α,β-unsaturated/α-hetero) is 3. The zero-order valence-corrected chi connectivity index (χ0v) is 43.0. The minimum absolute atomic E-state index is 0.00206. The van der Waals surface area contributed by atoms with Crippen molar-refractivity contribution in [2.24, 2.45) is 0 Å². The standard InChI is InChI=1S/C59H106O6/c1-4-7-10-13-16-19-22-25-28-29-32-34-37-40-43-46-49-52-55(61)58(64)59(65,56(62)53-50-47-44-41-38-35-31-27-24-21-18-15-12-9-6-3)57(63)54(60)51-48-45-42-39-36-33-30-26-23-20-17-14-11-8-5-2/h10,13,22,24-25,27,35,38,57-58,63-65H,4-9,11-12,14-21,23,26,28-34,36-37,39-53H2,1-3H3/b13-10+,25-22+,27-24+,38-35+. The third-order valence-electron chi connectivity index (χ3n) is 13.1. The smallest absolute Gasteiger partial charge is 0.189 e. The molecule has 0 aliphatic carbocycles. The van der Waals surface area contributed by atoms with Crippen LogP contribution in [-0.2, 0) is 14.4 Å². The minimum atomic E-state index is -2.83. The predicted octanol–water partition coefficient (Wildman–Crippen LogP) is 16.8. The van der Waals surface area contributed by atoms with Gasteiger partial charge >= 0.3 is 0 Å². The number of hydrogen-bond acceptors (Lipinski definition) is 6. The van der Waals surface area contributed by atoms with Crippen molar-refractivity contribution in [3.8, 4) is 0 Å². The van der Waals surface area contributed by atoms with Crippen LogP contribution in [0.3, 0.4) is 0 Å². The molecule has 0 amide bonds. The first kappa shape index (κ1) is 62.8. The van der Waals surface area contributed by atoms with E-state index in [0.717, 1.165) is 96.3 Å². The summed E-state index contributed by atoms with van der Waals surface area (Å²) in [6.07, 6.45) is 56.8. The SMILES string of the molecule is CCC/C=C/CC/C=C/CCCCCCCCCCC(=O)C(O)C(O)(C(=O)CCCCC/C=C/C/C=C/CCCCCCC)C(O)C(=O)CCCCCCCCCCCCCCCCC. The predicted molar refractivity (Wildman–Crippen MR) is 279 cm³/mol. The van der Waals surface area contributed by atoms with E-state index in [4.69, 9.17) is 0 Å². The van der Waals surface area contributed by atoms with Crippen molar-refractivity contribution in [2.75, 3.05) is 0 Å². The van der Waals surface area contributed by atoms with Crippen molar-refractivity contribution < 1.29 is 29.7 Å². The lowest BCUT2D eigenvalue weighted by Crippen LogP contribution is -2.63. The number of aliphatic hydroxyl groups excluding tert-OH is 2. The van der Waals surface area contributed by atoms with Crippen molar-refractivity contribution in [2.45, 2.75) is 308 Å². The molecule has 0 rings (SSSR count). The fourth-order valence-corrected chi connectivity index (χ4v) is 8.64. The van der Waals surface area contributed by atoms with Crippen LogP contribution in [-0.4, -0.2) is 50.5 Å². The summed E-state index contributed by atoms with van der Waals surface area (Å²) in [5, 5.41) is 34.2. The summed E-state index contributed by atoms with van der Waals surface area (Å²) >= 11 is 0. The Morgan fingerprint density at radius 1 is 0.338 bits per heavy atom. The lowest BCUT2D eigenvalue weighted by Gasteiger charge is -2.34. The third-order valence-corrected chi connectivity index (χ3v) is 13.1. The van der Waals surface area contributed by atoms with Crippen molar-refractivity contribution in [3.05, 3.63) is 48.6 Å². The van der Waals surface area contributed by atoms with Crippen LogP contribution in [0.25, 0.3) is 0 Å². The van der Waals surface area contributed by atoms with Gasteiger partial charge in [0.2, 0.25) is 0 Å². The van der Waals surface area contributed by atoms with Gasteiger partial charge in [0.25, 0.3) is 0 Å². The van der Waals surface area contributed by atoms with Gasteiger partial charge in [-0.15, -0.1) is 0 Å². The van der Waals surface area contributed by atoms with Crippen LogP contribution in [0.15, 0.2) is 48.6 Å². The van der Waals surface area contributed by atoms with E-state index in [9.17, 15) is 29.7 Å². The monoisotopic (exact) mass is 911 g/mol. The second kappa shape index (κ2) is 48.3. The Bertz CT molecular complexity index is 1200. The summed E-state index contributed by atoms with van der Waals surface area (Å²) in [4.78, 5) is 40.2. The molecular formula is C59H106O6. The molecule has 0 radical (unpaired) electrons. The molecule has 3 unspecified atom stereocenters. The van der Waals surface area contributed by atoms with E-state index in [2.05, 4.69) is 69.4 Å². The maximum absolute atomic E-state index is 13.6. The van der Waals surface area contributed by atoms with Gasteiger partial charge in [-0.3, -0.25) is 14.4 Å². The van der Waals surface area contributed by atoms with E-state index >= 15 is 0 Å². The minimum Gasteiger partial charge on any atom is -0.382 e. The summed E-state index contributed by atoms with van der Waals surface area (Å²) in [5.41, 5.74) is -2.83. The summed E-state index contributed by atoms with van der Waals surface area (Å²) in [6, 6.07) is 0. The molecule has 0 aromatic carbocycles. The van der Waals surface area contributed by atoms with Gasteiger partial charge < -0.3 is 15.3 Å². The Balaban J connectivity index is 4.81. The zero-order chi connectivity index (χ0) is 47.7. The lowest BCUT2D eigenvalue weighted by molar-refractivity contribution is -0.181. The molecule has 0 aliphatic rings. The third kappa shape index (κ3) is 37.5. The molecule has 0 fully saturated rings. The van der Waals surface area contributed by atoms with Gasteiger partial charge in [-0.05, 0) is 83.5 Å². The van der Waals surface area contributed by atoms with Crippen molar-refractivity contribution in [3.63, 3.8) is 0 Å². The Kier molecular flexibility index (Phi) is 46.7. The highest BCUT2D eigenvalue weighted by molar-refractivity contribution is 6.01. The van der Waals surface area contributed by atoms with Gasteiger partial charge in [-0.2, -0.15) is 0 Å². The average Bonchev–Trinajstić information content (AvgIpc) is 3.31. The van der Waals surface area contributed by atoms with E-state index in [-0.39, 0.29) is 19.3 Å². The number of aliphatic hydroxyl groups is 3. The molecule has 6 nitrogen and oxygen atoms in total. The summed E-state index contributed by atoms with van der Waals surface area (Å²) in [6.45, 7) is 6.69. The number of carbonyl (C=O) groups excluding carboxylic acids is 3. The van der Waals surface area contributed by atoms with Gasteiger partial charge in [0.15, 0.2) is 35.2 Å². The van der Waals surface area contributed by atoms with Crippen LogP contribution < -0.4 is 0 Å². The Hall–Kier alpha value is -2.15. The second-order valence-corrected chi connectivity index (χ2v) is 19.3. The Morgan fingerprint density at radius 3 is 0.985 bits per heavy atom. The van der Waals surface area contributed by atoms with Crippen molar-refractivity contribution in [1.82, 2.24) is 0 Å². The molecule has 0 aliphatic heterocycles. The van der Waals surface area contributed by atoms with E-state index in [0.29, 0.717) is 19.3 Å². The number of ketones is 3. The molecule has 0 saturated carbocycles. The first-order valence-electron chi connectivity index (χ1n) is 28.0. The number of hydrogen-bond donors (Lipinski definition) is 3. The van der Waals surface area contributed by atoms with Crippen molar-refractivity contribution in [1.29, 1.82) is 0 Å². The molecule has 0 aromatic rings. The van der Waals surface area contributed by atoms with Crippen LogP contribution >= 0.6 is 0 Å². The first-order chi connectivity index (χ1) is 31.8. The van der Waals surface area contributed by atoms with Gasteiger partial charge in [0.1, 0.15) is 0 Å². The normalized spacial score (nSPS) is 14.1. The van der Waals surface area contributed by atoms with Gasteiger partial charge in [0, 0.05) is 19.3 Å². The Morgan fingerprint density at radius 2 is 0.615 bits per heavy atom. The molecule has 0 saturated heterocycles. The molecule has 6 heteroatoms. The lowest BCUT2D eigenvalue weighted by atomic mass is 9.78. The fourth-order valence-electron chi connectivity index (χ4n) is 8.64. The number of rotatable bonds is 51. The topological polar surface area (TPSA) is 112 Å². The summed E-state index contributed by atoms with van der Waals surface area (Å²) in [5.74, 6) is -2.18. The van der Waals surface area contributed by atoms with E-state index in [1.54, 1.807) is 0 Å². The first-order valence-corrected chi connectivity index (χ1v) is 28.0. The average molecular weight is 911 g/mol. The maximum Gasteiger partial charge on any atom is 0.189 e. The van der Waals surface area contributed by atoms with Gasteiger partial charge in [0.05, 0.1) is 0 Å². The highest BCUT2D eigenvalue weighted by Gasteiger charge is 2.53. The van der Waals surface area contributed by atoms with Crippen LogP contribution in [0, 0.1) is 0 Å². The highest BCUT2D eigenvalue weighted by atomic mass is 16.4. The van der Waals surface area contributed by atoms with Gasteiger partial charge in [-0.1, -0.05) is 236 Å². The molecule has 0 bridgehead atoms. The van der Waals surface area contributed by atoms with Crippen LogP contribution in [0.1, 0.15) is 290 Å². The fraction of sp³-hybridized carbons (Fsp3) is 0.814. The second-order valence-electron chi connectivity index (χ2n) is 19.3. The van der Waals surface area contributed by atoms with Crippen LogP contribution in [0.4, 0.5) is 0 Å².